The molecule has 40 heavy (non-hydrogen) atoms. The highest BCUT2D eigenvalue weighted by atomic mass is 127. The van der Waals surface area contributed by atoms with E-state index in [9.17, 15) is 0 Å². The van der Waals surface area contributed by atoms with Crippen LogP contribution in [0.25, 0.3) is 33.9 Å². The molecule has 0 amide bonds. The van der Waals surface area contributed by atoms with Gasteiger partial charge in [0.1, 0.15) is 17.1 Å². The van der Waals surface area contributed by atoms with E-state index in [4.69, 9.17) is 5.73 Å². The number of rotatable bonds is 4. The summed E-state index contributed by atoms with van der Waals surface area (Å²) in [5.41, 5.74) is 20.1. The molecule has 1 aliphatic rings. The second kappa shape index (κ2) is 9.25. The number of hydrogen-bond donors (Lipinski definition) is 2. The van der Waals surface area contributed by atoms with Gasteiger partial charge in [0, 0.05) is 62.4 Å². The first-order valence-electron chi connectivity index (χ1n) is 13.5. The molecule has 1 unspecified atom stereocenters. The van der Waals surface area contributed by atoms with Gasteiger partial charge in [0.05, 0.1) is 16.8 Å². The number of benzene rings is 4. The van der Waals surface area contributed by atoms with Crippen molar-refractivity contribution in [2.24, 2.45) is 5.73 Å². The molecule has 1 atom stereocenters. The summed E-state index contributed by atoms with van der Waals surface area (Å²) in [5, 5.41) is 1.21. The maximum absolute atomic E-state index is 6.27. The number of H-pyrrole nitrogens is 1. The summed E-state index contributed by atoms with van der Waals surface area (Å²) in [6.45, 7) is 6.24. The predicted octanol–water partition coefficient (Wildman–Crippen LogP) is 9.78. The van der Waals surface area contributed by atoms with Crippen LogP contribution in [0.4, 0.5) is 22.7 Å². The summed E-state index contributed by atoms with van der Waals surface area (Å²) in [6.07, 6.45) is 2.09. The average Bonchev–Trinajstić information content (AvgIpc) is 3.55. The standard InChI is InChI=1S/C35H30IN4/c1-22-14-16-27(17-15-22)40(26-12-8-5-9-13-26)32-21-28-30(20-29(32)35-33(40)19-24(3)38-35)39(25-10-6-4-7-11-25)31(34(28)36)18-23(2)37/h4-21,38H,37H2,1-3H3/q+1/b23-18-. The minimum absolute atomic E-state index is 0.528. The molecule has 0 fully saturated rings. The Bertz CT molecular complexity index is 1930. The van der Waals surface area contributed by atoms with Crippen molar-refractivity contribution in [3.05, 3.63) is 129 Å². The molecule has 0 saturated heterocycles. The number of halogens is 1. The fourth-order valence-corrected chi connectivity index (χ4v) is 7.11. The van der Waals surface area contributed by atoms with Crippen LogP contribution >= 0.6 is 22.6 Å². The van der Waals surface area contributed by atoms with Crippen LogP contribution in [-0.2, 0) is 0 Å². The van der Waals surface area contributed by atoms with Crippen LogP contribution in [0.3, 0.4) is 0 Å². The van der Waals surface area contributed by atoms with Crippen molar-refractivity contribution < 1.29 is 0 Å². The van der Waals surface area contributed by atoms with E-state index in [1.165, 1.54) is 48.5 Å². The van der Waals surface area contributed by atoms with Crippen molar-refractivity contribution in [2.45, 2.75) is 20.8 Å². The molecular weight excluding hydrogens is 603 g/mol. The van der Waals surface area contributed by atoms with E-state index < -0.39 is 0 Å². The highest BCUT2D eigenvalue weighted by molar-refractivity contribution is 14.1. The third-order valence-electron chi connectivity index (χ3n) is 7.92. The molecule has 0 radical (unpaired) electrons. The first-order chi connectivity index (χ1) is 19.4. The molecule has 4 nitrogen and oxygen atoms in total. The molecule has 0 spiro atoms. The number of fused-ring (bicyclic) bond motifs is 4. The molecule has 1 aliphatic heterocycles. The lowest BCUT2D eigenvalue weighted by Gasteiger charge is -2.33. The topological polar surface area (TPSA) is 46.7 Å². The van der Waals surface area contributed by atoms with Crippen LogP contribution < -0.4 is 10.2 Å². The van der Waals surface area contributed by atoms with Crippen molar-refractivity contribution in [1.29, 1.82) is 0 Å². The van der Waals surface area contributed by atoms with E-state index in [2.05, 4.69) is 155 Å². The smallest absolute Gasteiger partial charge is 0.174 e. The zero-order valence-electron chi connectivity index (χ0n) is 22.7. The fourth-order valence-electron chi connectivity index (χ4n) is 6.28. The van der Waals surface area contributed by atoms with Gasteiger partial charge in [-0.25, -0.2) is 0 Å². The van der Waals surface area contributed by atoms with Gasteiger partial charge in [-0.05, 0) is 67.6 Å². The van der Waals surface area contributed by atoms with Crippen molar-refractivity contribution in [1.82, 2.24) is 14.0 Å². The van der Waals surface area contributed by atoms with Crippen LogP contribution in [-0.4, -0.2) is 9.55 Å². The van der Waals surface area contributed by atoms with Crippen LogP contribution in [0, 0.1) is 17.4 Å². The number of aryl methyl sites for hydroxylation is 2. The lowest BCUT2D eigenvalue weighted by atomic mass is 10.1. The van der Waals surface area contributed by atoms with E-state index in [0.717, 1.165) is 28.3 Å². The molecule has 0 saturated carbocycles. The minimum Gasteiger partial charge on any atom is -0.402 e. The summed E-state index contributed by atoms with van der Waals surface area (Å²) in [5.74, 6) is 0. The van der Waals surface area contributed by atoms with Gasteiger partial charge in [0.15, 0.2) is 11.4 Å². The highest BCUT2D eigenvalue weighted by Gasteiger charge is 2.49. The third-order valence-corrected chi connectivity index (χ3v) is 9.06. The van der Waals surface area contributed by atoms with E-state index in [0.29, 0.717) is 4.48 Å². The molecule has 0 aliphatic carbocycles. The summed E-state index contributed by atoms with van der Waals surface area (Å²) >= 11 is 2.50. The second-order valence-electron chi connectivity index (χ2n) is 10.7. The zero-order chi connectivity index (χ0) is 27.6. The molecule has 3 heterocycles. The molecule has 4 aromatic carbocycles. The van der Waals surface area contributed by atoms with Gasteiger partial charge in [-0.1, -0.05) is 54.1 Å². The first-order valence-corrected chi connectivity index (χ1v) is 14.6. The van der Waals surface area contributed by atoms with Crippen molar-refractivity contribution in [3.8, 4) is 16.9 Å². The van der Waals surface area contributed by atoms with Crippen molar-refractivity contribution in [3.63, 3.8) is 0 Å². The molecule has 7 rings (SSSR count). The quantitative estimate of drug-likeness (QED) is 0.147. The van der Waals surface area contributed by atoms with Gasteiger partial charge in [-0.3, -0.25) is 0 Å². The Morgan fingerprint density at radius 3 is 2.15 bits per heavy atom. The largest absolute Gasteiger partial charge is 0.402 e. The second-order valence-corrected chi connectivity index (χ2v) is 11.8. The summed E-state index contributed by atoms with van der Waals surface area (Å²) in [4.78, 5) is 3.74. The van der Waals surface area contributed by atoms with Gasteiger partial charge in [-0.2, -0.15) is 4.48 Å². The van der Waals surface area contributed by atoms with Crippen LogP contribution in [0.2, 0.25) is 0 Å². The lowest BCUT2D eigenvalue weighted by Crippen LogP contribution is -2.30. The monoisotopic (exact) mass is 633 g/mol. The predicted molar refractivity (Wildman–Crippen MR) is 177 cm³/mol. The number of allylic oxidation sites excluding steroid dienone is 1. The normalized spacial score (nSPS) is 16.4. The average molecular weight is 634 g/mol. The molecule has 2 aromatic heterocycles. The number of nitrogens with two attached hydrogens (primary N) is 1. The Kier molecular flexibility index (Phi) is 5.77. The fraction of sp³-hybridized carbons (Fsp3) is 0.0857. The Balaban J connectivity index is 1.65. The summed E-state index contributed by atoms with van der Waals surface area (Å²) in [7, 11) is 0. The van der Waals surface area contributed by atoms with E-state index in [1.54, 1.807) is 0 Å². The number of hydrogen-bond acceptors (Lipinski definition) is 1. The maximum atomic E-state index is 6.27. The lowest BCUT2D eigenvalue weighted by molar-refractivity contribution is 0.722. The maximum Gasteiger partial charge on any atom is 0.174 e. The molecule has 196 valence electrons. The van der Waals surface area contributed by atoms with Gasteiger partial charge in [0.2, 0.25) is 0 Å². The number of aromatic nitrogens is 2. The van der Waals surface area contributed by atoms with Gasteiger partial charge in [0.25, 0.3) is 0 Å². The number of quaternary nitrogens is 1. The number of para-hydroxylation sites is 2. The Hall–Kier alpha value is -4.07. The molecule has 6 aromatic rings. The molecule has 3 N–H and O–H groups in total. The van der Waals surface area contributed by atoms with Crippen LogP contribution in [0.5, 0.6) is 0 Å². The van der Waals surface area contributed by atoms with Gasteiger partial charge in [-0.15, -0.1) is 0 Å². The Morgan fingerprint density at radius 2 is 1.48 bits per heavy atom. The highest BCUT2D eigenvalue weighted by Crippen LogP contribution is 2.63. The van der Waals surface area contributed by atoms with Gasteiger partial charge >= 0.3 is 0 Å². The minimum atomic E-state index is 0.528. The summed E-state index contributed by atoms with van der Waals surface area (Å²) < 4.78 is 4.05. The van der Waals surface area contributed by atoms with Crippen molar-refractivity contribution in [2.75, 3.05) is 0 Å². The summed E-state index contributed by atoms with van der Waals surface area (Å²) in [6, 6.07) is 37.5. The Labute approximate surface area is 248 Å². The third kappa shape index (κ3) is 3.54. The SMILES string of the molecule is C/C(N)=C/c1c(I)c2cc3c(cc2n1-c1ccccc1)-c1[nH]c(C)cc1[N+]3(c1ccccc1)c1ccc(C)cc1. The Morgan fingerprint density at radius 1 is 0.825 bits per heavy atom. The van der Waals surface area contributed by atoms with Crippen LogP contribution in [0.1, 0.15) is 23.9 Å². The van der Waals surface area contributed by atoms with Gasteiger partial charge < -0.3 is 15.3 Å². The molecule has 5 heteroatoms. The van der Waals surface area contributed by atoms with Crippen molar-refractivity contribution >= 4 is 62.3 Å². The molecular formula is C35H30IN4+. The van der Waals surface area contributed by atoms with E-state index >= 15 is 0 Å². The molecule has 0 bridgehead atoms. The van der Waals surface area contributed by atoms with E-state index in [-0.39, 0.29) is 0 Å². The number of nitrogens with zero attached hydrogens (tertiary/aromatic N) is 2. The van der Waals surface area contributed by atoms with E-state index in [1.807, 2.05) is 6.92 Å². The first kappa shape index (κ1) is 24.9. The number of aromatic amines is 1. The number of nitrogens with one attached hydrogen (secondary N) is 1. The van der Waals surface area contributed by atoms with Crippen LogP contribution in [0.15, 0.2) is 109 Å². The zero-order valence-corrected chi connectivity index (χ0v) is 24.9.